The normalized spacial score (nSPS) is 10.6. The zero-order valence-electron chi connectivity index (χ0n) is 12.5. The quantitative estimate of drug-likeness (QED) is 0.790. The number of benzene rings is 1. The van der Waals surface area contributed by atoms with E-state index in [1.54, 1.807) is 12.1 Å². The van der Waals surface area contributed by atoms with Crippen LogP contribution < -0.4 is 10.1 Å². The molecule has 0 saturated carbocycles. The summed E-state index contributed by atoms with van der Waals surface area (Å²) in [6, 6.07) is 8.76. The minimum Gasteiger partial charge on any atom is -0.484 e. The van der Waals surface area contributed by atoms with Crippen LogP contribution in [0.4, 0.5) is 4.39 Å². The minimum absolute atomic E-state index is 0.267. The molecule has 3 nitrogen and oxygen atoms in total. The van der Waals surface area contributed by atoms with Crippen molar-refractivity contribution in [3.63, 3.8) is 0 Å². The Kier molecular flexibility index (Phi) is 5.69. The first kappa shape index (κ1) is 15.4. The van der Waals surface area contributed by atoms with Crippen LogP contribution in [-0.4, -0.2) is 11.5 Å². The Morgan fingerprint density at radius 2 is 2.10 bits per heavy atom. The summed E-state index contributed by atoms with van der Waals surface area (Å²) in [6.07, 6.45) is 2.94. The van der Waals surface area contributed by atoms with Crippen molar-refractivity contribution in [3.05, 3.63) is 59.2 Å². The highest BCUT2D eigenvalue weighted by Gasteiger charge is 2.04. The third-order valence-corrected chi connectivity index (χ3v) is 3.10. The lowest BCUT2D eigenvalue weighted by Crippen LogP contribution is -2.14. The van der Waals surface area contributed by atoms with Crippen molar-refractivity contribution in [2.75, 3.05) is 6.54 Å². The van der Waals surface area contributed by atoms with Gasteiger partial charge in [-0.05, 0) is 49.2 Å². The second-order valence-electron chi connectivity index (χ2n) is 5.06. The average Bonchev–Trinajstić information content (AvgIpc) is 2.50. The molecule has 21 heavy (non-hydrogen) atoms. The molecule has 0 radical (unpaired) electrons. The predicted molar refractivity (Wildman–Crippen MR) is 81.7 cm³/mol. The smallest absolute Gasteiger partial charge is 0.165 e. The van der Waals surface area contributed by atoms with Gasteiger partial charge in [0.1, 0.15) is 6.61 Å². The number of hydrogen-bond acceptors (Lipinski definition) is 3. The van der Waals surface area contributed by atoms with Crippen molar-refractivity contribution < 1.29 is 9.13 Å². The molecule has 1 aromatic heterocycles. The monoisotopic (exact) mass is 288 g/mol. The average molecular weight is 288 g/mol. The summed E-state index contributed by atoms with van der Waals surface area (Å²) in [4.78, 5) is 4.34. The number of halogens is 1. The lowest BCUT2D eigenvalue weighted by molar-refractivity contribution is 0.285. The highest BCUT2D eigenvalue weighted by Crippen LogP contribution is 2.19. The van der Waals surface area contributed by atoms with Gasteiger partial charge in [-0.1, -0.05) is 19.1 Å². The lowest BCUT2D eigenvalue weighted by atomic mass is 10.2. The Morgan fingerprint density at radius 3 is 2.81 bits per heavy atom. The van der Waals surface area contributed by atoms with Gasteiger partial charge in [0.25, 0.3) is 0 Å². The number of pyridine rings is 1. The van der Waals surface area contributed by atoms with Crippen molar-refractivity contribution in [2.24, 2.45) is 0 Å². The van der Waals surface area contributed by atoms with E-state index in [9.17, 15) is 4.39 Å². The molecule has 112 valence electrons. The molecule has 0 spiro atoms. The molecule has 1 aromatic carbocycles. The standard InChI is InChI=1S/C17H21FN2O/c1-3-8-19-10-14-5-6-15(20-11-14)12-21-17-9-13(2)4-7-16(17)18/h4-7,9,11,19H,3,8,10,12H2,1-2H3. The van der Waals surface area contributed by atoms with Crippen LogP contribution in [0, 0.1) is 12.7 Å². The van der Waals surface area contributed by atoms with Gasteiger partial charge >= 0.3 is 0 Å². The van der Waals surface area contributed by atoms with Gasteiger partial charge in [-0.3, -0.25) is 4.98 Å². The van der Waals surface area contributed by atoms with Crippen LogP contribution in [0.25, 0.3) is 0 Å². The Hall–Kier alpha value is -1.94. The zero-order valence-corrected chi connectivity index (χ0v) is 12.5. The van der Waals surface area contributed by atoms with Crippen molar-refractivity contribution >= 4 is 0 Å². The Morgan fingerprint density at radius 1 is 1.24 bits per heavy atom. The molecule has 0 unspecified atom stereocenters. The number of aryl methyl sites for hydroxylation is 1. The second-order valence-corrected chi connectivity index (χ2v) is 5.06. The number of rotatable bonds is 7. The molecule has 4 heteroatoms. The lowest BCUT2D eigenvalue weighted by Gasteiger charge is -2.08. The van der Waals surface area contributed by atoms with E-state index in [1.165, 1.54) is 6.07 Å². The largest absolute Gasteiger partial charge is 0.484 e. The van der Waals surface area contributed by atoms with E-state index in [-0.39, 0.29) is 18.2 Å². The fourth-order valence-electron chi connectivity index (χ4n) is 1.93. The zero-order chi connectivity index (χ0) is 15.1. The maximum absolute atomic E-state index is 13.6. The molecule has 1 N–H and O–H groups in total. The van der Waals surface area contributed by atoms with E-state index in [0.29, 0.717) is 0 Å². The molecule has 0 fully saturated rings. The van der Waals surface area contributed by atoms with Gasteiger partial charge in [0.05, 0.1) is 5.69 Å². The van der Waals surface area contributed by atoms with Crippen molar-refractivity contribution in [2.45, 2.75) is 33.4 Å². The summed E-state index contributed by atoms with van der Waals surface area (Å²) >= 11 is 0. The second kappa shape index (κ2) is 7.74. The van der Waals surface area contributed by atoms with E-state index in [4.69, 9.17) is 4.74 Å². The summed E-state index contributed by atoms with van der Waals surface area (Å²) in [5, 5.41) is 3.32. The minimum atomic E-state index is -0.346. The molecule has 0 amide bonds. The summed E-state index contributed by atoms with van der Waals surface area (Å²) < 4.78 is 19.0. The summed E-state index contributed by atoms with van der Waals surface area (Å²) in [7, 11) is 0. The van der Waals surface area contributed by atoms with E-state index >= 15 is 0 Å². The van der Waals surface area contributed by atoms with Crippen molar-refractivity contribution in [1.29, 1.82) is 0 Å². The Balaban J connectivity index is 1.90. The Labute approximate surface area is 125 Å². The fourth-order valence-corrected chi connectivity index (χ4v) is 1.93. The predicted octanol–water partition coefficient (Wildman–Crippen LogP) is 3.61. The summed E-state index contributed by atoms with van der Waals surface area (Å²) in [6.45, 7) is 6.12. The molecule has 0 bridgehead atoms. The van der Waals surface area contributed by atoms with Gasteiger partial charge in [-0.25, -0.2) is 4.39 Å². The molecule has 0 atom stereocenters. The van der Waals surface area contributed by atoms with Crippen molar-refractivity contribution in [3.8, 4) is 5.75 Å². The SMILES string of the molecule is CCCNCc1ccc(COc2cc(C)ccc2F)nc1. The Bertz CT molecular complexity index is 570. The van der Waals surface area contributed by atoms with Gasteiger partial charge in [0.15, 0.2) is 11.6 Å². The van der Waals surface area contributed by atoms with Gasteiger partial charge in [-0.2, -0.15) is 0 Å². The molecular formula is C17H21FN2O. The molecule has 1 heterocycles. The fraction of sp³-hybridized carbons (Fsp3) is 0.353. The van der Waals surface area contributed by atoms with E-state index < -0.39 is 0 Å². The molecule has 2 rings (SSSR count). The van der Waals surface area contributed by atoms with Crippen molar-refractivity contribution in [1.82, 2.24) is 10.3 Å². The molecule has 2 aromatic rings. The molecular weight excluding hydrogens is 267 g/mol. The first-order chi connectivity index (χ1) is 10.2. The summed E-state index contributed by atoms with van der Waals surface area (Å²) in [5.41, 5.74) is 2.89. The van der Waals surface area contributed by atoms with Crippen LogP contribution in [0.5, 0.6) is 5.75 Å². The first-order valence-corrected chi connectivity index (χ1v) is 7.22. The summed E-state index contributed by atoms with van der Waals surface area (Å²) in [5.74, 6) is -0.0773. The number of ether oxygens (including phenoxy) is 1. The number of aromatic nitrogens is 1. The van der Waals surface area contributed by atoms with E-state index in [1.807, 2.05) is 25.3 Å². The van der Waals surface area contributed by atoms with E-state index in [2.05, 4.69) is 17.2 Å². The van der Waals surface area contributed by atoms with Crippen LogP contribution in [-0.2, 0) is 13.2 Å². The van der Waals surface area contributed by atoms with Gasteiger partial charge in [0, 0.05) is 12.7 Å². The van der Waals surface area contributed by atoms with Gasteiger partial charge < -0.3 is 10.1 Å². The first-order valence-electron chi connectivity index (χ1n) is 7.22. The molecule has 0 saturated heterocycles. The highest BCUT2D eigenvalue weighted by molar-refractivity contribution is 5.29. The molecule has 0 aliphatic carbocycles. The van der Waals surface area contributed by atoms with Gasteiger partial charge in [-0.15, -0.1) is 0 Å². The third-order valence-electron chi connectivity index (χ3n) is 3.10. The molecule has 0 aliphatic rings. The van der Waals surface area contributed by atoms with Crippen LogP contribution in [0.3, 0.4) is 0 Å². The van der Waals surface area contributed by atoms with Crippen LogP contribution >= 0.6 is 0 Å². The number of nitrogens with zero attached hydrogens (tertiary/aromatic N) is 1. The van der Waals surface area contributed by atoms with Crippen LogP contribution in [0.15, 0.2) is 36.5 Å². The third kappa shape index (κ3) is 4.83. The maximum atomic E-state index is 13.6. The molecule has 0 aliphatic heterocycles. The highest BCUT2D eigenvalue weighted by atomic mass is 19.1. The van der Waals surface area contributed by atoms with E-state index in [0.717, 1.165) is 36.3 Å². The topological polar surface area (TPSA) is 34.1 Å². The van der Waals surface area contributed by atoms with Gasteiger partial charge in [0.2, 0.25) is 0 Å². The number of nitrogens with one attached hydrogen (secondary N) is 1. The van der Waals surface area contributed by atoms with Crippen LogP contribution in [0.1, 0.15) is 30.2 Å². The van der Waals surface area contributed by atoms with Crippen LogP contribution in [0.2, 0.25) is 0 Å². The number of hydrogen-bond donors (Lipinski definition) is 1. The maximum Gasteiger partial charge on any atom is 0.165 e.